The minimum absolute atomic E-state index is 0.00778. The number of carbonyl (C=O) groups excluding carboxylic acids is 1. The summed E-state index contributed by atoms with van der Waals surface area (Å²) in [5.41, 5.74) is 5.81. The van der Waals surface area contributed by atoms with E-state index in [2.05, 4.69) is 9.97 Å². The van der Waals surface area contributed by atoms with E-state index in [4.69, 9.17) is 10.5 Å². The average Bonchev–Trinajstić information content (AvgIpc) is 2.55. The molecule has 1 aromatic carbocycles. The number of halogens is 1. The van der Waals surface area contributed by atoms with Crippen molar-refractivity contribution < 1.29 is 18.5 Å². The fraction of sp³-hybridized carbons (Fsp3) is 0.267. The van der Waals surface area contributed by atoms with E-state index in [9.17, 15) is 13.7 Å². The summed E-state index contributed by atoms with van der Waals surface area (Å²) in [4.78, 5) is 20.4. The lowest BCUT2D eigenvalue weighted by Gasteiger charge is -2.11. The number of anilines is 1. The molecular weight excluding hydrogens is 321 g/mol. The molecule has 0 radical (unpaired) electrons. The number of carbonyl (C=O) groups is 1. The van der Waals surface area contributed by atoms with Crippen molar-refractivity contribution in [1.29, 1.82) is 0 Å². The first kappa shape index (κ1) is 17.2. The Morgan fingerprint density at radius 1 is 1.39 bits per heavy atom. The van der Waals surface area contributed by atoms with Gasteiger partial charge in [0.1, 0.15) is 23.1 Å². The highest BCUT2D eigenvalue weighted by Crippen LogP contribution is 2.25. The van der Waals surface area contributed by atoms with Crippen molar-refractivity contribution >= 4 is 22.8 Å². The number of nitrogens with zero attached hydrogens (tertiary/aromatic N) is 2. The van der Waals surface area contributed by atoms with Gasteiger partial charge in [0.25, 0.3) is 0 Å². The Labute approximate surface area is 136 Å². The first-order valence-corrected chi connectivity index (χ1v) is 8.27. The average molecular weight is 337 g/mol. The Morgan fingerprint density at radius 3 is 2.74 bits per heavy atom. The lowest BCUT2D eigenvalue weighted by atomic mass is 10.0. The Hall–Kier alpha value is -2.19. The number of hydrogen-bond acceptors (Lipinski definition) is 6. The monoisotopic (exact) mass is 337 g/mol. The summed E-state index contributed by atoms with van der Waals surface area (Å²) in [6.45, 7) is 3.80. The van der Waals surface area contributed by atoms with Crippen LogP contribution in [0.5, 0.6) is 5.75 Å². The molecule has 0 aliphatic carbocycles. The normalized spacial score (nSPS) is 12.0. The van der Waals surface area contributed by atoms with Gasteiger partial charge in [-0.3, -0.25) is 4.79 Å². The molecule has 0 aliphatic rings. The number of aromatic nitrogens is 2. The molecule has 2 rings (SSSR count). The molecule has 0 saturated heterocycles. The van der Waals surface area contributed by atoms with Crippen molar-refractivity contribution in [2.24, 2.45) is 0 Å². The van der Waals surface area contributed by atoms with Crippen LogP contribution in [0.25, 0.3) is 0 Å². The molecule has 2 aromatic rings. The van der Waals surface area contributed by atoms with Crippen molar-refractivity contribution in [3.63, 3.8) is 0 Å². The number of rotatable bonds is 6. The van der Waals surface area contributed by atoms with Crippen LogP contribution in [0.2, 0.25) is 0 Å². The summed E-state index contributed by atoms with van der Waals surface area (Å²) in [6, 6.07) is 3.66. The SMILES string of the molecule is CCOc1ccc(F)cc1C(=O)c1cnc([S+]([O-])CC)nc1N. The van der Waals surface area contributed by atoms with Gasteiger partial charge in [-0.25, -0.2) is 4.39 Å². The minimum atomic E-state index is -1.38. The number of nitrogens with two attached hydrogens (primary N) is 1. The lowest BCUT2D eigenvalue weighted by molar-refractivity contribution is 0.103. The van der Waals surface area contributed by atoms with Gasteiger partial charge in [0.05, 0.1) is 17.7 Å². The second kappa shape index (κ2) is 7.38. The van der Waals surface area contributed by atoms with Crippen LogP contribution in [-0.4, -0.2) is 32.7 Å². The van der Waals surface area contributed by atoms with Gasteiger partial charge >= 0.3 is 5.16 Å². The Kier molecular flexibility index (Phi) is 5.51. The van der Waals surface area contributed by atoms with Crippen molar-refractivity contribution in [2.75, 3.05) is 18.1 Å². The third kappa shape index (κ3) is 3.77. The maximum absolute atomic E-state index is 13.5. The van der Waals surface area contributed by atoms with Crippen molar-refractivity contribution in [3.05, 3.63) is 41.3 Å². The van der Waals surface area contributed by atoms with E-state index in [0.717, 1.165) is 6.07 Å². The molecule has 0 amide bonds. The predicted molar refractivity (Wildman–Crippen MR) is 84.4 cm³/mol. The maximum Gasteiger partial charge on any atom is 0.344 e. The molecule has 0 saturated carbocycles. The van der Waals surface area contributed by atoms with Crippen molar-refractivity contribution in [1.82, 2.24) is 9.97 Å². The highest BCUT2D eigenvalue weighted by Gasteiger charge is 2.22. The third-order valence-electron chi connectivity index (χ3n) is 2.99. The second-order valence-electron chi connectivity index (χ2n) is 4.49. The summed E-state index contributed by atoms with van der Waals surface area (Å²) in [5, 5.41) is 0.0609. The van der Waals surface area contributed by atoms with Crippen LogP contribution in [-0.2, 0) is 11.2 Å². The highest BCUT2D eigenvalue weighted by atomic mass is 32.2. The smallest absolute Gasteiger partial charge is 0.344 e. The summed E-state index contributed by atoms with van der Waals surface area (Å²) in [5.74, 6) is -0.641. The van der Waals surface area contributed by atoms with Crippen LogP contribution in [0.1, 0.15) is 29.8 Å². The number of ether oxygens (including phenoxy) is 1. The topological polar surface area (TPSA) is 101 Å². The van der Waals surface area contributed by atoms with Crippen LogP contribution in [0.15, 0.2) is 29.6 Å². The second-order valence-corrected chi connectivity index (χ2v) is 6.12. The van der Waals surface area contributed by atoms with E-state index in [1.807, 2.05) is 0 Å². The fourth-order valence-electron chi connectivity index (χ4n) is 1.90. The molecule has 122 valence electrons. The number of ketones is 1. The van der Waals surface area contributed by atoms with E-state index in [-0.39, 0.29) is 27.9 Å². The first-order valence-electron chi connectivity index (χ1n) is 6.95. The van der Waals surface area contributed by atoms with Gasteiger partial charge in [-0.2, -0.15) is 9.97 Å². The quantitative estimate of drug-likeness (QED) is 0.491. The van der Waals surface area contributed by atoms with Crippen LogP contribution in [0, 0.1) is 5.82 Å². The summed E-state index contributed by atoms with van der Waals surface area (Å²) < 4.78 is 30.5. The standard InChI is InChI=1S/C15H16FN3O3S/c1-3-22-12-6-5-9(16)7-10(12)13(20)11-8-18-15(19-14(11)17)23(21)4-2/h5-8H,3-4H2,1-2H3,(H2,17,18,19). The van der Waals surface area contributed by atoms with Crippen molar-refractivity contribution in [3.8, 4) is 5.75 Å². The van der Waals surface area contributed by atoms with Crippen LogP contribution < -0.4 is 10.5 Å². The molecule has 0 bridgehead atoms. The van der Waals surface area contributed by atoms with Crippen LogP contribution in [0.4, 0.5) is 10.2 Å². The van der Waals surface area contributed by atoms with E-state index >= 15 is 0 Å². The molecule has 1 atom stereocenters. The molecule has 23 heavy (non-hydrogen) atoms. The van der Waals surface area contributed by atoms with Crippen molar-refractivity contribution in [2.45, 2.75) is 19.0 Å². The van der Waals surface area contributed by atoms with Gasteiger partial charge in [0.2, 0.25) is 5.78 Å². The van der Waals surface area contributed by atoms with Crippen LogP contribution in [0.3, 0.4) is 0 Å². The zero-order valence-corrected chi connectivity index (χ0v) is 13.5. The third-order valence-corrected chi connectivity index (χ3v) is 4.12. The van der Waals surface area contributed by atoms with E-state index < -0.39 is 22.8 Å². The lowest BCUT2D eigenvalue weighted by Crippen LogP contribution is -2.15. The molecule has 8 heteroatoms. The molecule has 1 heterocycles. The summed E-state index contributed by atoms with van der Waals surface area (Å²) in [7, 11) is 0. The first-order chi connectivity index (χ1) is 11.0. The number of nitrogen functional groups attached to an aromatic ring is 1. The molecule has 6 nitrogen and oxygen atoms in total. The Morgan fingerprint density at radius 2 is 2.13 bits per heavy atom. The van der Waals surface area contributed by atoms with Crippen LogP contribution >= 0.6 is 0 Å². The van der Waals surface area contributed by atoms with Gasteiger partial charge in [-0.15, -0.1) is 0 Å². The molecule has 0 spiro atoms. The van der Waals surface area contributed by atoms with E-state index in [1.165, 1.54) is 18.3 Å². The van der Waals surface area contributed by atoms with E-state index in [0.29, 0.717) is 12.4 Å². The maximum atomic E-state index is 13.5. The molecule has 1 aromatic heterocycles. The van der Waals surface area contributed by atoms with Gasteiger partial charge in [0.15, 0.2) is 0 Å². The molecule has 0 fully saturated rings. The predicted octanol–water partition coefficient (Wildman–Crippen LogP) is 1.96. The Balaban J connectivity index is 2.43. The minimum Gasteiger partial charge on any atom is -0.609 e. The van der Waals surface area contributed by atoms with E-state index in [1.54, 1.807) is 13.8 Å². The molecular formula is C15H16FN3O3S. The summed E-state index contributed by atoms with van der Waals surface area (Å²) >= 11 is -1.38. The zero-order valence-electron chi connectivity index (χ0n) is 12.7. The summed E-state index contributed by atoms with van der Waals surface area (Å²) in [6.07, 6.45) is 1.20. The van der Waals surface area contributed by atoms with Gasteiger partial charge in [-0.1, -0.05) is 0 Å². The molecule has 2 N–H and O–H groups in total. The van der Waals surface area contributed by atoms with Gasteiger partial charge in [0, 0.05) is 17.4 Å². The largest absolute Gasteiger partial charge is 0.609 e. The molecule has 1 unspecified atom stereocenters. The Bertz CT molecular complexity index is 727. The van der Waals surface area contributed by atoms with Gasteiger partial charge in [-0.05, 0) is 32.0 Å². The zero-order chi connectivity index (χ0) is 17.0. The van der Waals surface area contributed by atoms with Gasteiger partial charge < -0.3 is 15.0 Å². The number of benzene rings is 1. The molecule has 0 aliphatic heterocycles. The highest BCUT2D eigenvalue weighted by molar-refractivity contribution is 7.91. The number of hydrogen-bond donors (Lipinski definition) is 1. The fourth-order valence-corrected chi connectivity index (χ4v) is 2.53.